The van der Waals surface area contributed by atoms with E-state index in [2.05, 4.69) is 121 Å². The van der Waals surface area contributed by atoms with Crippen LogP contribution in [0.4, 0.5) is 0 Å². The molecule has 0 saturated heterocycles. The maximum Gasteiger partial charge on any atom is 0.143 e. The minimum atomic E-state index is -1.99. The van der Waals surface area contributed by atoms with Gasteiger partial charge in [-0.15, -0.1) is 0 Å². The minimum absolute atomic E-state index is 1.04. The lowest BCUT2D eigenvalue weighted by molar-refractivity contribution is 1.18. The molecule has 0 bridgehead atoms. The largest absolute Gasteiger partial charge is 0.309 e. The maximum absolute atomic E-state index is 2.50. The highest BCUT2D eigenvalue weighted by molar-refractivity contribution is 8.00. The summed E-state index contributed by atoms with van der Waals surface area (Å²) in [7, 11) is -1.99. The number of hydrogen-bond donors (Lipinski definition) is 0. The number of hydrogen-bond acceptors (Lipinski definition) is 0. The lowest BCUT2D eigenvalue weighted by Gasteiger charge is -2.31. The number of aromatic nitrogens is 1. The first kappa shape index (κ1) is 19.3. The third kappa shape index (κ3) is 1.99. The van der Waals surface area contributed by atoms with Crippen molar-refractivity contribution in [3.05, 3.63) is 120 Å². The summed E-state index contributed by atoms with van der Waals surface area (Å²) in [6.07, 6.45) is 8.12. The lowest BCUT2D eigenvalue weighted by Crippen LogP contribution is -2.33. The molecule has 5 aromatic carbocycles. The predicted molar refractivity (Wildman–Crippen MR) is 156 cm³/mol. The molecule has 2 heteroatoms. The summed E-state index contributed by atoms with van der Waals surface area (Å²) in [6.45, 7) is 2.35. The topological polar surface area (TPSA) is 4.93 Å². The fraction of sp³-hybridized carbons (Fsp3) is 0.0588. The summed E-state index contributed by atoms with van der Waals surface area (Å²) >= 11 is 0. The van der Waals surface area contributed by atoms with Crippen molar-refractivity contribution in [2.45, 2.75) is 13.3 Å². The molecular formula is C34H23NP+. The molecule has 1 unspecified atom stereocenters. The van der Waals surface area contributed by atoms with Crippen molar-refractivity contribution in [2.24, 2.45) is 0 Å². The van der Waals surface area contributed by atoms with E-state index in [-0.39, 0.29) is 0 Å². The van der Waals surface area contributed by atoms with Gasteiger partial charge in [0, 0.05) is 34.0 Å². The van der Waals surface area contributed by atoms with Gasteiger partial charge in [0.15, 0.2) is 0 Å². The Morgan fingerprint density at radius 1 is 0.667 bits per heavy atom. The van der Waals surface area contributed by atoms with Crippen LogP contribution in [0.5, 0.6) is 0 Å². The number of para-hydroxylation sites is 1. The van der Waals surface area contributed by atoms with E-state index in [1.165, 1.54) is 55.0 Å². The molecule has 6 aromatic rings. The monoisotopic (exact) mass is 476 g/mol. The molecule has 168 valence electrons. The second kappa shape index (κ2) is 6.44. The predicted octanol–water partition coefficient (Wildman–Crippen LogP) is 7.68. The van der Waals surface area contributed by atoms with Gasteiger partial charge in [-0.2, -0.15) is 0 Å². The molecule has 9 rings (SSSR count). The Hall–Kier alpha value is -3.93. The summed E-state index contributed by atoms with van der Waals surface area (Å²) < 4.78 is 2.50. The van der Waals surface area contributed by atoms with Gasteiger partial charge in [-0.05, 0) is 60.3 Å². The van der Waals surface area contributed by atoms with Crippen molar-refractivity contribution in [3.63, 3.8) is 0 Å². The fourth-order valence-electron chi connectivity index (χ4n) is 7.40. The third-order valence-electron chi connectivity index (χ3n) is 8.65. The fourth-order valence-corrected chi connectivity index (χ4v) is 12.8. The zero-order chi connectivity index (χ0) is 23.6. The minimum Gasteiger partial charge on any atom is -0.309 e. The van der Waals surface area contributed by atoms with E-state index in [4.69, 9.17) is 0 Å². The first-order valence-corrected chi connectivity index (χ1v) is 14.5. The van der Waals surface area contributed by atoms with Crippen LogP contribution in [0, 0.1) is 6.92 Å². The van der Waals surface area contributed by atoms with Crippen LogP contribution >= 0.6 is 7.26 Å². The average Bonchev–Trinajstić information content (AvgIpc) is 3.64. The quantitative estimate of drug-likeness (QED) is 0.226. The number of fused-ring (bicyclic) bond motifs is 4. The SMILES string of the molecule is Cc1ccc2c3c1[P+]1(C4=CC=CC4)c4ccccc4-c4ccc5ccc(c3c5c41)n2-c1ccccc1. The molecule has 0 N–H and O–H groups in total. The molecule has 0 amide bonds. The van der Waals surface area contributed by atoms with E-state index in [0.717, 1.165) is 6.42 Å². The summed E-state index contributed by atoms with van der Waals surface area (Å²) in [5, 5.41) is 12.1. The summed E-state index contributed by atoms with van der Waals surface area (Å²) in [6, 6.07) is 34.4. The zero-order valence-corrected chi connectivity index (χ0v) is 20.9. The highest BCUT2D eigenvalue weighted by Crippen LogP contribution is 2.73. The van der Waals surface area contributed by atoms with Gasteiger partial charge >= 0.3 is 0 Å². The van der Waals surface area contributed by atoms with Gasteiger partial charge in [-0.1, -0.05) is 66.7 Å². The molecule has 0 spiro atoms. The Morgan fingerprint density at radius 2 is 1.44 bits per heavy atom. The zero-order valence-electron chi connectivity index (χ0n) is 20.0. The van der Waals surface area contributed by atoms with E-state index in [1.807, 2.05) is 0 Å². The summed E-state index contributed by atoms with van der Waals surface area (Å²) in [4.78, 5) is 0. The van der Waals surface area contributed by atoms with Crippen LogP contribution in [0.3, 0.4) is 0 Å². The maximum atomic E-state index is 2.50. The Kier molecular flexibility index (Phi) is 3.45. The number of allylic oxidation sites excluding steroid dienone is 4. The van der Waals surface area contributed by atoms with Gasteiger partial charge in [0.05, 0.1) is 21.7 Å². The van der Waals surface area contributed by atoms with Crippen LogP contribution in [0.25, 0.3) is 49.4 Å². The van der Waals surface area contributed by atoms with E-state index < -0.39 is 7.26 Å². The molecular weight excluding hydrogens is 453 g/mol. The second-order valence-electron chi connectivity index (χ2n) is 10.3. The van der Waals surface area contributed by atoms with Crippen LogP contribution in [0.15, 0.2) is 115 Å². The molecule has 1 aromatic heterocycles. The van der Waals surface area contributed by atoms with Crippen molar-refractivity contribution in [3.8, 4) is 16.8 Å². The number of aryl methyl sites for hydroxylation is 1. The van der Waals surface area contributed by atoms with Crippen LogP contribution in [-0.4, -0.2) is 4.57 Å². The molecule has 1 nitrogen and oxygen atoms in total. The highest BCUT2D eigenvalue weighted by atomic mass is 31.2. The molecule has 2 aliphatic heterocycles. The van der Waals surface area contributed by atoms with Crippen molar-refractivity contribution in [2.75, 3.05) is 0 Å². The normalized spacial score (nSPS) is 18.8. The molecule has 1 aliphatic carbocycles. The standard InChI is InChI=1S/C34H23NP/c1-21-15-19-28-32-31-27(35(28)23-9-3-2-4-10-23)20-17-22-16-18-26-25-13-7-8-14-29(25)36(33(21)32,34(26)30(22)31)24-11-5-6-12-24/h2-11,13-20H,12H2,1H3/q+1. The van der Waals surface area contributed by atoms with E-state index in [1.54, 1.807) is 21.2 Å². The summed E-state index contributed by atoms with van der Waals surface area (Å²) in [5.74, 6) is 0. The first-order chi connectivity index (χ1) is 17.8. The number of nitrogens with zero attached hydrogens (tertiary/aromatic N) is 1. The Morgan fingerprint density at radius 3 is 2.31 bits per heavy atom. The van der Waals surface area contributed by atoms with Crippen molar-refractivity contribution in [1.29, 1.82) is 0 Å². The number of benzene rings is 5. The van der Waals surface area contributed by atoms with Gasteiger partial charge in [0.25, 0.3) is 0 Å². The lowest BCUT2D eigenvalue weighted by atomic mass is 9.97. The van der Waals surface area contributed by atoms with Crippen LogP contribution in [0.1, 0.15) is 12.0 Å². The highest BCUT2D eigenvalue weighted by Gasteiger charge is 2.60. The van der Waals surface area contributed by atoms with Gasteiger partial charge in [0.2, 0.25) is 0 Å². The molecule has 0 radical (unpaired) electrons. The van der Waals surface area contributed by atoms with Crippen LogP contribution in [-0.2, 0) is 0 Å². The van der Waals surface area contributed by atoms with Crippen molar-refractivity contribution >= 4 is 55.8 Å². The van der Waals surface area contributed by atoms with E-state index in [9.17, 15) is 0 Å². The molecule has 3 aliphatic rings. The molecule has 36 heavy (non-hydrogen) atoms. The number of rotatable bonds is 2. The van der Waals surface area contributed by atoms with Gasteiger partial charge < -0.3 is 4.57 Å². The molecule has 0 fully saturated rings. The molecule has 1 atom stereocenters. The van der Waals surface area contributed by atoms with Gasteiger partial charge in [-0.3, -0.25) is 0 Å². The van der Waals surface area contributed by atoms with Crippen molar-refractivity contribution in [1.82, 2.24) is 4.57 Å². The van der Waals surface area contributed by atoms with Gasteiger partial charge in [-0.25, -0.2) is 0 Å². The van der Waals surface area contributed by atoms with Crippen LogP contribution < -0.4 is 15.9 Å². The molecule has 0 saturated carbocycles. The Balaban J connectivity index is 1.63. The van der Waals surface area contributed by atoms with E-state index >= 15 is 0 Å². The second-order valence-corrected chi connectivity index (χ2v) is 13.6. The van der Waals surface area contributed by atoms with Crippen molar-refractivity contribution < 1.29 is 0 Å². The van der Waals surface area contributed by atoms with E-state index in [0.29, 0.717) is 0 Å². The smallest absolute Gasteiger partial charge is 0.143 e. The Labute approximate surface area is 210 Å². The first-order valence-electron chi connectivity index (χ1n) is 12.8. The molecule has 3 heterocycles. The average molecular weight is 477 g/mol. The van der Waals surface area contributed by atoms with Crippen LogP contribution in [0.2, 0.25) is 0 Å². The Bertz CT molecular complexity index is 2020. The third-order valence-corrected chi connectivity index (χ3v) is 13.3. The summed E-state index contributed by atoms with van der Waals surface area (Å²) in [5.41, 5.74) is 8.18. The van der Waals surface area contributed by atoms with Gasteiger partial charge in [0.1, 0.15) is 23.2 Å².